The van der Waals surface area contributed by atoms with Gasteiger partial charge in [-0.05, 0) is 67.1 Å². The van der Waals surface area contributed by atoms with Gasteiger partial charge in [-0.3, -0.25) is 33.6 Å². The Balaban J connectivity index is 1.39. The van der Waals surface area contributed by atoms with Gasteiger partial charge in [0.05, 0.1) is 6.33 Å². The summed E-state index contributed by atoms with van der Waals surface area (Å²) in [5, 5.41) is 19.1. The van der Waals surface area contributed by atoms with Crippen LogP contribution >= 0.6 is 0 Å². The number of aromatic nitrogens is 3. The maximum Gasteiger partial charge on any atom is 0.243 e. The van der Waals surface area contributed by atoms with Crippen LogP contribution in [-0.4, -0.2) is 99.1 Å². The first-order valence-electron chi connectivity index (χ1n) is 22.0. The van der Waals surface area contributed by atoms with E-state index in [1.165, 1.54) is 26.4 Å². The Morgan fingerprint density at radius 1 is 0.646 bits per heavy atom. The average molecular weight is 892 g/mol. The Labute approximate surface area is 377 Å². The lowest BCUT2D eigenvalue weighted by Gasteiger charge is -2.27. The van der Waals surface area contributed by atoms with Gasteiger partial charge < -0.3 is 53.3 Å². The molecule has 5 aromatic rings. The fourth-order valence-corrected chi connectivity index (χ4v) is 7.56. The fraction of sp³-hybridized carbons (Fsp3) is 0.404. The topological polar surface area (TPSA) is 288 Å². The molecule has 346 valence electrons. The molecule has 2 aromatic heterocycles. The molecule has 0 saturated heterocycles. The molecule has 2 heterocycles. The molecule has 65 heavy (non-hydrogen) atoms. The summed E-state index contributed by atoms with van der Waals surface area (Å²) >= 11 is 0. The zero-order chi connectivity index (χ0) is 46.9. The second-order valence-electron chi connectivity index (χ2n) is 16.3. The molecule has 0 unspecified atom stereocenters. The highest BCUT2D eigenvalue weighted by Gasteiger charge is 2.33. The van der Waals surface area contributed by atoms with E-state index in [-0.39, 0.29) is 25.7 Å². The minimum Gasteiger partial charge on any atom is -0.368 e. The van der Waals surface area contributed by atoms with Gasteiger partial charge >= 0.3 is 0 Å². The molecule has 0 fully saturated rings. The summed E-state index contributed by atoms with van der Waals surface area (Å²) in [6.07, 6.45) is 7.66. The molecule has 7 amide bonds. The van der Waals surface area contributed by atoms with Crippen LogP contribution in [0.3, 0.4) is 0 Å². The molecule has 18 heteroatoms. The lowest BCUT2D eigenvalue weighted by atomic mass is 9.99. The van der Waals surface area contributed by atoms with Crippen LogP contribution in [0, 0.1) is 0 Å². The summed E-state index contributed by atoms with van der Waals surface area (Å²) in [7, 11) is 0. The third kappa shape index (κ3) is 14.5. The van der Waals surface area contributed by atoms with Gasteiger partial charge in [0.25, 0.3) is 0 Å². The zero-order valence-corrected chi connectivity index (χ0v) is 37.1. The number of unbranched alkanes of at least 4 members (excludes halogenated alkanes) is 2. The van der Waals surface area contributed by atoms with Gasteiger partial charge in [0.2, 0.25) is 41.4 Å². The number of primary amides is 1. The summed E-state index contributed by atoms with van der Waals surface area (Å²) in [5.41, 5.74) is 14.4. The van der Waals surface area contributed by atoms with Crippen molar-refractivity contribution in [1.29, 1.82) is 0 Å². The molecule has 6 atom stereocenters. The molecule has 0 aliphatic rings. The Morgan fingerprint density at radius 3 is 1.95 bits per heavy atom. The number of nitrogens with two attached hydrogens (primary N) is 2. The van der Waals surface area contributed by atoms with Gasteiger partial charge in [-0.25, -0.2) is 4.98 Å². The number of para-hydroxylation sites is 1. The predicted octanol–water partition coefficient (Wildman–Crippen LogP) is 1.83. The number of hydrogen-bond acceptors (Lipinski definition) is 9. The number of hydrogen-bond donors (Lipinski definition) is 10. The van der Waals surface area contributed by atoms with E-state index in [9.17, 15) is 33.6 Å². The van der Waals surface area contributed by atoms with Crippen molar-refractivity contribution in [2.45, 2.75) is 115 Å². The normalized spacial score (nSPS) is 14.0. The number of carbonyl (C=O) groups is 7. The molecule has 12 N–H and O–H groups in total. The zero-order valence-electron chi connectivity index (χ0n) is 37.1. The SMILES string of the molecule is CCCC[C@H](NC(C)=O)C(=O)N[C@@H](C)C(=O)N[C@@H](Cc1cnc[nH]1)C(=O)N[C@@H](Cc1ccc2ccccc2c1)C(=O)N[C@@H](CCCCN)C(=O)N[C@@H](Cc1c[nH]c2ccccc12)C(N)=O. The number of H-pyrrole nitrogens is 2. The number of imidazole rings is 1. The maximum atomic E-state index is 14.5. The fourth-order valence-electron chi connectivity index (χ4n) is 7.56. The van der Waals surface area contributed by atoms with E-state index in [1.54, 1.807) is 6.20 Å². The number of carbonyl (C=O) groups excluding carboxylic acids is 7. The first-order valence-corrected chi connectivity index (χ1v) is 22.0. The summed E-state index contributed by atoms with van der Waals surface area (Å²) in [6.45, 7) is 5.05. The van der Waals surface area contributed by atoms with Gasteiger partial charge in [0.1, 0.15) is 36.3 Å². The molecular formula is C47H61N11O7. The van der Waals surface area contributed by atoms with Crippen molar-refractivity contribution in [1.82, 2.24) is 46.9 Å². The molecule has 0 aliphatic carbocycles. The smallest absolute Gasteiger partial charge is 0.243 e. The first kappa shape index (κ1) is 48.9. The van der Waals surface area contributed by atoms with Crippen molar-refractivity contribution in [2.75, 3.05) is 6.54 Å². The molecule has 0 bridgehead atoms. The van der Waals surface area contributed by atoms with E-state index in [0.717, 1.165) is 33.7 Å². The second-order valence-corrected chi connectivity index (χ2v) is 16.3. The molecule has 0 saturated carbocycles. The summed E-state index contributed by atoms with van der Waals surface area (Å²) < 4.78 is 0. The molecule has 18 nitrogen and oxygen atoms in total. The highest BCUT2D eigenvalue weighted by molar-refractivity contribution is 5.97. The van der Waals surface area contributed by atoms with Gasteiger partial charge in [-0.15, -0.1) is 0 Å². The van der Waals surface area contributed by atoms with Gasteiger partial charge in [-0.1, -0.05) is 80.4 Å². The van der Waals surface area contributed by atoms with E-state index in [1.807, 2.05) is 73.7 Å². The number of nitrogens with one attached hydrogen (secondary N) is 8. The van der Waals surface area contributed by atoms with Crippen LogP contribution in [0.15, 0.2) is 85.5 Å². The van der Waals surface area contributed by atoms with E-state index in [4.69, 9.17) is 11.5 Å². The number of benzene rings is 3. The largest absolute Gasteiger partial charge is 0.368 e. The highest BCUT2D eigenvalue weighted by Crippen LogP contribution is 2.20. The minimum absolute atomic E-state index is 0.0104. The average Bonchev–Trinajstić information content (AvgIpc) is 3.96. The summed E-state index contributed by atoms with van der Waals surface area (Å²) in [6, 6.07) is 14.0. The molecule has 3 aromatic carbocycles. The maximum absolute atomic E-state index is 14.5. The number of fused-ring (bicyclic) bond motifs is 2. The Hall–Kier alpha value is -7.08. The van der Waals surface area contributed by atoms with Crippen molar-refractivity contribution >= 4 is 63.0 Å². The van der Waals surface area contributed by atoms with E-state index < -0.39 is 77.6 Å². The van der Waals surface area contributed by atoms with Crippen molar-refractivity contribution in [3.63, 3.8) is 0 Å². The van der Waals surface area contributed by atoms with Crippen molar-refractivity contribution in [3.05, 3.63) is 102 Å². The van der Waals surface area contributed by atoms with E-state index >= 15 is 0 Å². The van der Waals surface area contributed by atoms with Crippen molar-refractivity contribution < 1.29 is 33.6 Å². The molecule has 0 spiro atoms. The van der Waals surface area contributed by atoms with Gasteiger partial charge in [-0.2, -0.15) is 0 Å². The third-order valence-corrected chi connectivity index (χ3v) is 11.1. The van der Waals surface area contributed by atoms with Crippen LogP contribution in [0.25, 0.3) is 21.7 Å². The molecule has 5 rings (SSSR count). The van der Waals surface area contributed by atoms with E-state index in [2.05, 4.69) is 46.9 Å². The quantitative estimate of drug-likeness (QED) is 0.0382. The Morgan fingerprint density at radius 2 is 1.26 bits per heavy atom. The van der Waals surface area contributed by atoms with Crippen LogP contribution in [-0.2, 0) is 52.8 Å². The van der Waals surface area contributed by atoms with Crippen LogP contribution in [0.2, 0.25) is 0 Å². The Bertz CT molecular complexity index is 2420. The lowest BCUT2D eigenvalue weighted by molar-refractivity contribution is -0.135. The van der Waals surface area contributed by atoms with E-state index in [0.29, 0.717) is 43.5 Å². The van der Waals surface area contributed by atoms with Crippen LogP contribution < -0.4 is 43.4 Å². The second kappa shape index (κ2) is 24.1. The predicted molar refractivity (Wildman–Crippen MR) is 247 cm³/mol. The molecule has 0 aliphatic heterocycles. The van der Waals surface area contributed by atoms with Crippen LogP contribution in [0.1, 0.15) is 76.1 Å². The minimum atomic E-state index is -1.28. The van der Waals surface area contributed by atoms with Crippen molar-refractivity contribution in [2.24, 2.45) is 11.5 Å². The summed E-state index contributed by atoms with van der Waals surface area (Å²) in [5.74, 6) is -4.48. The lowest BCUT2D eigenvalue weighted by Crippen LogP contribution is -2.60. The van der Waals surface area contributed by atoms with Crippen LogP contribution in [0.5, 0.6) is 0 Å². The number of rotatable bonds is 25. The number of aromatic amines is 2. The van der Waals surface area contributed by atoms with Gasteiger partial charge in [0, 0.05) is 55.2 Å². The molecule has 0 radical (unpaired) electrons. The molecular weight excluding hydrogens is 831 g/mol. The monoisotopic (exact) mass is 891 g/mol. The standard InChI is InChI=1S/C47H61N11O7/c1-4-5-15-37(54-29(3)59)44(62)53-28(2)43(61)57-41(24-34-26-50-27-52-34)47(65)58-40(22-30-18-19-31-12-6-7-13-32(31)21-30)46(64)55-38(17-10-11-20-48)45(63)56-39(42(49)60)23-33-25-51-36-16-9-8-14-35(33)36/h6-9,12-14,16,18-19,21,25-28,37-41,51H,4-5,10-11,15,17,20,22-24,48H2,1-3H3,(H2,49,60)(H,50,52)(H,53,62)(H,54,59)(H,55,64)(H,56,63)(H,57,61)(H,58,65)/t28-,37-,38-,39-,40-,41-/m0/s1. The van der Waals surface area contributed by atoms with Gasteiger partial charge in [0.15, 0.2) is 0 Å². The Kier molecular flexibility index (Phi) is 18.2. The number of amides is 7. The number of nitrogens with zero attached hydrogens (tertiary/aromatic N) is 1. The summed E-state index contributed by atoms with van der Waals surface area (Å²) in [4.78, 5) is 105. The first-order chi connectivity index (χ1) is 31.3. The highest BCUT2D eigenvalue weighted by atomic mass is 16.2. The third-order valence-electron chi connectivity index (χ3n) is 11.1. The van der Waals surface area contributed by atoms with Crippen molar-refractivity contribution in [3.8, 4) is 0 Å². The van der Waals surface area contributed by atoms with Crippen LogP contribution in [0.4, 0.5) is 0 Å².